The number of hydrogen-bond acceptors (Lipinski definition) is 0. The molecule has 0 spiro atoms. The number of benzene rings is 2. The molecule has 0 heteroatoms. The third-order valence-electron chi connectivity index (χ3n) is 3.47. The van der Waals surface area contributed by atoms with Gasteiger partial charge < -0.3 is 0 Å². The zero-order chi connectivity index (χ0) is 11.5. The van der Waals surface area contributed by atoms with Gasteiger partial charge in [-0.15, -0.1) is 0 Å². The second-order valence-electron chi connectivity index (χ2n) is 4.57. The number of allylic oxidation sites excluding steroid dienone is 1. The Morgan fingerprint density at radius 1 is 0.647 bits per heavy atom. The molecule has 0 unspecified atom stereocenters. The Morgan fingerprint density at radius 2 is 1.24 bits per heavy atom. The lowest BCUT2D eigenvalue weighted by atomic mass is 9.89. The molecule has 0 bridgehead atoms. The van der Waals surface area contributed by atoms with Crippen LogP contribution in [-0.2, 0) is 19.3 Å². The van der Waals surface area contributed by atoms with E-state index in [1.165, 1.54) is 24.0 Å². The molecule has 4 rings (SSSR count). The van der Waals surface area contributed by atoms with Crippen molar-refractivity contribution in [3.63, 3.8) is 0 Å². The molecule has 0 heterocycles. The summed E-state index contributed by atoms with van der Waals surface area (Å²) in [6.45, 7) is 0. The van der Waals surface area contributed by atoms with Crippen molar-refractivity contribution in [3.8, 4) is 0 Å². The lowest BCUT2D eigenvalue weighted by molar-refractivity contribution is 0.839. The lowest BCUT2D eigenvalue weighted by Gasteiger charge is -2.16. The minimum atomic E-state index is 1.12. The molecule has 0 atom stereocenters. The van der Waals surface area contributed by atoms with Crippen molar-refractivity contribution >= 4 is 6.08 Å². The maximum Gasteiger partial charge on any atom is -0.00882 e. The van der Waals surface area contributed by atoms with Crippen LogP contribution in [0.4, 0.5) is 0 Å². The summed E-state index contributed by atoms with van der Waals surface area (Å²) in [4.78, 5) is 0. The standard InChI is InChI=1S/C9H8.C8H8/c1-2-5-9-7-3-6-8(9)4-1;1-2-4-8-6-5-7(8)3-1/h1-6H,7H2;1-4H,5-6H2. The molecule has 0 saturated heterocycles. The van der Waals surface area contributed by atoms with Gasteiger partial charge in [0.05, 0.1) is 0 Å². The predicted molar refractivity (Wildman–Crippen MR) is 73.0 cm³/mol. The van der Waals surface area contributed by atoms with Gasteiger partial charge in [0, 0.05) is 0 Å². The minimum absolute atomic E-state index is 1.12. The van der Waals surface area contributed by atoms with Crippen molar-refractivity contribution in [2.24, 2.45) is 0 Å². The van der Waals surface area contributed by atoms with Crippen LogP contribution < -0.4 is 0 Å². The topological polar surface area (TPSA) is 0 Å². The Morgan fingerprint density at radius 3 is 1.76 bits per heavy atom. The molecule has 0 aromatic heterocycles. The van der Waals surface area contributed by atoms with Crippen LogP contribution in [0.2, 0.25) is 0 Å². The van der Waals surface area contributed by atoms with Crippen LogP contribution in [0.5, 0.6) is 0 Å². The molecule has 0 radical (unpaired) electrons. The van der Waals surface area contributed by atoms with E-state index in [-0.39, 0.29) is 0 Å². The Kier molecular flexibility index (Phi) is 2.79. The third kappa shape index (κ3) is 2.16. The highest BCUT2D eigenvalue weighted by Crippen LogP contribution is 2.20. The SMILES string of the molecule is C1=Cc2ccccc2C1.c1ccc2c(c1)CC2. The summed E-state index contributed by atoms with van der Waals surface area (Å²) in [7, 11) is 0. The Balaban J connectivity index is 0.000000107. The highest BCUT2D eigenvalue weighted by atomic mass is 14.1. The average molecular weight is 220 g/mol. The third-order valence-corrected chi connectivity index (χ3v) is 3.47. The van der Waals surface area contributed by atoms with E-state index in [0.29, 0.717) is 0 Å². The lowest BCUT2D eigenvalue weighted by Crippen LogP contribution is -2.06. The molecule has 0 aliphatic heterocycles. The zero-order valence-electron chi connectivity index (χ0n) is 9.89. The van der Waals surface area contributed by atoms with Gasteiger partial charge in [-0.2, -0.15) is 0 Å². The monoisotopic (exact) mass is 220 g/mol. The van der Waals surface area contributed by atoms with E-state index in [2.05, 4.69) is 60.7 Å². The number of rotatable bonds is 0. The van der Waals surface area contributed by atoms with E-state index in [0.717, 1.165) is 6.42 Å². The van der Waals surface area contributed by atoms with Crippen molar-refractivity contribution in [1.29, 1.82) is 0 Å². The second kappa shape index (κ2) is 4.58. The normalized spacial score (nSPS) is 14.1. The van der Waals surface area contributed by atoms with Gasteiger partial charge in [0.25, 0.3) is 0 Å². The van der Waals surface area contributed by atoms with E-state index in [1.54, 1.807) is 11.1 Å². The van der Waals surface area contributed by atoms with E-state index in [9.17, 15) is 0 Å². The first-order chi connectivity index (χ1) is 8.43. The van der Waals surface area contributed by atoms with Crippen LogP contribution in [0.15, 0.2) is 54.6 Å². The van der Waals surface area contributed by atoms with Gasteiger partial charge in [0.2, 0.25) is 0 Å². The smallest absolute Gasteiger partial charge is 0.00882 e. The number of fused-ring (bicyclic) bond motifs is 2. The van der Waals surface area contributed by atoms with Crippen LogP contribution in [0.1, 0.15) is 22.3 Å². The van der Waals surface area contributed by atoms with Gasteiger partial charge in [-0.25, -0.2) is 0 Å². The van der Waals surface area contributed by atoms with Crippen LogP contribution >= 0.6 is 0 Å². The second-order valence-corrected chi connectivity index (χ2v) is 4.57. The summed E-state index contributed by atoms with van der Waals surface area (Å²) in [6, 6.07) is 17.1. The molecule has 2 aromatic carbocycles. The van der Waals surface area contributed by atoms with Crippen LogP contribution in [0, 0.1) is 0 Å². The molecule has 0 fully saturated rings. The predicted octanol–water partition coefficient (Wildman–Crippen LogP) is 4.04. The summed E-state index contributed by atoms with van der Waals surface area (Å²) in [5.74, 6) is 0. The molecule has 84 valence electrons. The maximum atomic E-state index is 2.21. The zero-order valence-corrected chi connectivity index (χ0v) is 9.89. The quantitative estimate of drug-likeness (QED) is 0.628. The fourth-order valence-corrected chi connectivity index (χ4v) is 2.33. The van der Waals surface area contributed by atoms with E-state index >= 15 is 0 Å². The van der Waals surface area contributed by atoms with Crippen LogP contribution in [-0.4, -0.2) is 0 Å². The fraction of sp³-hybridized carbons (Fsp3) is 0.176. The largest absolute Gasteiger partial charge is 0.0795 e. The molecule has 2 aliphatic carbocycles. The van der Waals surface area contributed by atoms with Crippen LogP contribution in [0.25, 0.3) is 6.08 Å². The highest BCUT2D eigenvalue weighted by Gasteiger charge is 2.09. The van der Waals surface area contributed by atoms with E-state index in [1.807, 2.05) is 0 Å². The van der Waals surface area contributed by atoms with Gasteiger partial charge in [0.15, 0.2) is 0 Å². The van der Waals surface area contributed by atoms with E-state index in [4.69, 9.17) is 0 Å². The van der Waals surface area contributed by atoms with E-state index < -0.39 is 0 Å². The van der Waals surface area contributed by atoms with Gasteiger partial charge >= 0.3 is 0 Å². The van der Waals surface area contributed by atoms with Gasteiger partial charge in [-0.3, -0.25) is 0 Å². The summed E-state index contributed by atoms with van der Waals surface area (Å²) in [6.07, 6.45) is 8.10. The number of aryl methyl sites for hydroxylation is 2. The van der Waals surface area contributed by atoms with Gasteiger partial charge in [-0.05, 0) is 41.5 Å². The van der Waals surface area contributed by atoms with Crippen molar-refractivity contribution in [2.75, 3.05) is 0 Å². The van der Waals surface area contributed by atoms with Crippen molar-refractivity contribution in [1.82, 2.24) is 0 Å². The molecule has 0 N–H and O–H groups in total. The maximum absolute atomic E-state index is 2.21. The highest BCUT2D eigenvalue weighted by molar-refractivity contribution is 5.59. The first kappa shape index (κ1) is 10.3. The molecular formula is C17H16. The molecule has 0 saturated carbocycles. The van der Waals surface area contributed by atoms with Crippen molar-refractivity contribution < 1.29 is 0 Å². The molecule has 17 heavy (non-hydrogen) atoms. The molecule has 0 nitrogen and oxygen atoms in total. The first-order valence-electron chi connectivity index (χ1n) is 6.25. The van der Waals surface area contributed by atoms with Crippen molar-refractivity contribution in [2.45, 2.75) is 19.3 Å². The molecule has 0 amide bonds. The molecular weight excluding hydrogens is 204 g/mol. The molecule has 2 aliphatic rings. The Bertz CT molecular complexity index is 526. The van der Waals surface area contributed by atoms with Gasteiger partial charge in [-0.1, -0.05) is 60.7 Å². The van der Waals surface area contributed by atoms with Gasteiger partial charge in [0.1, 0.15) is 0 Å². The minimum Gasteiger partial charge on any atom is -0.0795 e. The fourth-order valence-electron chi connectivity index (χ4n) is 2.33. The summed E-state index contributed by atoms with van der Waals surface area (Å²) < 4.78 is 0. The summed E-state index contributed by atoms with van der Waals surface area (Å²) in [5, 5.41) is 0. The Labute approximate surface area is 103 Å². The first-order valence-corrected chi connectivity index (χ1v) is 6.25. The van der Waals surface area contributed by atoms with Crippen LogP contribution in [0.3, 0.4) is 0 Å². The summed E-state index contributed by atoms with van der Waals surface area (Å²) in [5.41, 5.74) is 5.94. The number of hydrogen-bond donors (Lipinski definition) is 0. The molecule has 2 aromatic rings. The average Bonchev–Trinajstić information content (AvgIpc) is 2.80. The Hall–Kier alpha value is -1.82. The van der Waals surface area contributed by atoms with Crippen molar-refractivity contribution in [3.05, 3.63) is 76.9 Å². The summed E-state index contributed by atoms with van der Waals surface area (Å²) >= 11 is 0.